The average Bonchev–Trinajstić information content (AvgIpc) is 3.06. The van der Waals surface area contributed by atoms with E-state index in [1.807, 2.05) is 0 Å². The van der Waals surface area contributed by atoms with Crippen LogP contribution in [0.1, 0.15) is 200 Å². The lowest BCUT2D eigenvalue weighted by molar-refractivity contribution is -0.154. The summed E-state index contributed by atoms with van der Waals surface area (Å²) in [5.41, 5.74) is 0. The van der Waals surface area contributed by atoms with Crippen LogP contribution in [0.5, 0.6) is 0 Å². The van der Waals surface area contributed by atoms with Gasteiger partial charge in [0.25, 0.3) is 0 Å². The third-order valence-electron chi connectivity index (χ3n) is 8.73. The van der Waals surface area contributed by atoms with Crippen LogP contribution in [0, 0.1) is 0 Å². The van der Waals surface area contributed by atoms with Gasteiger partial charge in [0.2, 0.25) is 0 Å². The van der Waals surface area contributed by atoms with Crippen LogP contribution in [-0.2, 0) is 14.3 Å². The smallest absolute Gasteiger partial charge is 0.306 e. The van der Waals surface area contributed by atoms with Crippen molar-refractivity contribution < 1.29 is 19.4 Å². The highest BCUT2D eigenvalue weighted by Gasteiger charge is 2.13. The lowest BCUT2D eigenvalue weighted by Crippen LogP contribution is -2.27. The van der Waals surface area contributed by atoms with E-state index in [-0.39, 0.29) is 19.2 Å². The van der Waals surface area contributed by atoms with Gasteiger partial charge in [0, 0.05) is 13.0 Å². The molecule has 46 heavy (non-hydrogen) atoms. The summed E-state index contributed by atoms with van der Waals surface area (Å²) in [6.07, 6.45) is 49.1. The zero-order chi connectivity index (χ0) is 33.4. The molecule has 1 atom stereocenters. The molecular formula is C42H78O4. The van der Waals surface area contributed by atoms with Crippen LogP contribution in [-0.4, -0.2) is 37.0 Å². The Morgan fingerprint density at radius 1 is 0.543 bits per heavy atom. The maximum absolute atomic E-state index is 12.2. The Balaban J connectivity index is 3.42. The van der Waals surface area contributed by atoms with Gasteiger partial charge in [-0.3, -0.25) is 4.79 Å². The zero-order valence-corrected chi connectivity index (χ0v) is 30.8. The maximum atomic E-state index is 12.2. The third-order valence-corrected chi connectivity index (χ3v) is 8.73. The fourth-order valence-electron chi connectivity index (χ4n) is 5.75. The Morgan fingerprint density at radius 3 is 1.48 bits per heavy atom. The van der Waals surface area contributed by atoms with E-state index in [1.165, 1.54) is 128 Å². The first-order valence-electron chi connectivity index (χ1n) is 20.1. The van der Waals surface area contributed by atoms with Crippen molar-refractivity contribution in [2.75, 3.05) is 19.8 Å². The number of carbonyl (C=O) groups is 1. The Morgan fingerprint density at radius 2 is 0.978 bits per heavy atom. The molecule has 0 saturated carbocycles. The molecule has 0 aliphatic rings. The number of ether oxygens (including phenoxy) is 2. The van der Waals surface area contributed by atoms with Gasteiger partial charge in [-0.25, -0.2) is 0 Å². The van der Waals surface area contributed by atoms with E-state index < -0.39 is 6.10 Å². The van der Waals surface area contributed by atoms with E-state index in [2.05, 4.69) is 50.3 Å². The zero-order valence-electron chi connectivity index (χ0n) is 30.8. The molecule has 4 nitrogen and oxygen atoms in total. The molecule has 0 saturated heterocycles. The van der Waals surface area contributed by atoms with Gasteiger partial charge in [-0.05, 0) is 44.9 Å². The van der Waals surface area contributed by atoms with Crippen molar-refractivity contribution in [3.63, 3.8) is 0 Å². The van der Waals surface area contributed by atoms with Crippen LogP contribution < -0.4 is 0 Å². The second-order valence-electron chi connectivity index (χ2n) is 13.3. The topological polar surface area (TPSA) is 55.8 Å². The van der Waals surface area contributed by atoms with E-state index in [0.29, 0.717) is 13.0 Å². The lowest BCUT2D eigenvalue weighted by Gasteiger charge is -2.15. The standard InChI is InChI=1S/C42H78O4/c1-3-5-7-9-11-13-15-17-19-20-21-22-23-24-25-27-29-31-33-35-37-42(44)46-41(39-43)40-45-38-36-34-32-30-28-26-18-16-14-12-10-8-6-4-2/h6,8,12,14,18,26,41,43H,3-5,7,9-11,13,15-17,19-25,27-40H2,1-2H3/b8-6-,14-12-,26-18-. The first kappa shape index (κ1) is 44.6. The number of aliphatic hydroxyl groups excluding tert-OH is 1. The Bertz CT molecular complexity index is 683. The summed E-state index contributed by atoms with van der Waals surface area (Å²) in [6.45, 7) is 5.21. The van der Waals surface area contributed by atoms with E-state index in [0.717, 1.165) is 51.4 Å². The molecule has 1 N–H and O–H groups in total. The molecule has 0 rings (SSSR count). The van der Waals surface area contributed by atoms with Gasteiger partial charge in [0.1, 0.15) is 6.10 Å². The average molecular weight is 647 g/mol. The quantitative estimate of drug-likeness (QED) is 0.0414. The second kappa shape index (κ2) is 39.8. The summed E-state index contributed by atoms with van der Waals surface area (Å²) in [5.74, 6) is -0.207. The molecule has 0 heterocycles. The van der Waals surface area contributed by atoms with Crippen LogP contribution >= 0.6 is 0 Å². The molecule has 0 aromatic heterocycles. The van der Waals surface area contributed by atoms with Crippen molar-refractivity contribution in [3.8, 4) is 0 Å². The van der Waals surface area contributed by atoms with Gasteiger partial charge in [-0.1, -0.05) is 185 Å². The molecule has 270 valence electrons. The molecule has 0 aromatic carbocycles. The van der Waals surface area contributed by atoms with Crippen molar-refractivity contribution >= 4 is 5.97 Å². The molecule has 0 aliphatic heterocycles. The van der Waals surface area contributed by atoms with Crippen molar-refractivity contribution in [2.24, 2.45) is 0 Å². The number of carbonyl (C=O) groups excluding carboxylic acids is 1. The SMILES string of the molecule is CC/C=C\C/C=C\C/C=C\CCCCCCOCC(CO)OC(=O)CCCCCCCCCCCCCCCCCCCCCC. The first-order valence-corrected chi connectivity index (χ1v) is 20.1. The molecule has 4 heteroatoms. The van der Waals surface area contributed by atoms with Crippen LogP contribution in [0.3, 0.4) is 0 Å². The minimum Gasteiger partial charge on any atom is -0.457 e. The molecule has 0 bridgehead atoms. The van der Waals surface area contributed by atoms with Crippen molar-refractivity contribution in [1.29, 1.82) is 0 Å². The molecule has 0 aliphatic carbocycles. The minimum atomic E-state index is -0.542. The van der Waals surface area contributed by atoms with Crippen LogP contribution in [0.15, 0.2) is 36.5 Å². The monoisotopic (exact) mass is 647 g/mol. The number of allylic oxidation sites excluding steroid dienone is 6. The van der Waals surface area contributed by atoms with Crippen LogP contribution in [0.25, 0.3) is 0 Å². The predicted molar refractivity (Wildman–Crippen MR) is 200 cm³/mol. The minimum absolute atomic E-state index is 0.179. The van der Waals surface area contributed by atoms with E-state index in [9.17, 15) is 9.90 Å². The van der Waals surface area contributed by atoms with Gasteiger partial charge in [0.15, 0.2) is 0 Å². The van der Waals surface area contributed by atoms with E-state index in [1.54, 1.807) is 0 Å². The molecule has 0 spiro atoms. The molecule has 0 fully saturated rings. The summed E-state index contributed by atoms with van der Waals surface area (Å²) >= 11 is 0. The third kappa shape index (κ3) is 37.1. The normalized spacial score (nSPS) is 12.7. The molecule has 1 unspecified atom stereocenters. The van der Waals surface area contributed by atoms with Crippen molar-refractivity contribution in [3.05, 3.63) is 36.5 Å². The number of esters is 1. The van der Waals surface area contributed by atoms with Gasteiger partial charge >= 0.3 is 5.97 Å². The number of rotatable bonds is 37. The highest BCUT2D eigenvalue weighted by molar-refractivity contribution is 5.69. The Hall–Kier alpha value is -1.39. The predicted octanol–water partition coefficient (Wildman–Crippen LogP) is 12.9. The first-order chi connectivity index (χ1) is 22.7. The highest BCUT2D eigenvalue weighted by atomic mass is 16.6. The summed E-state index contributed by atoms with van der Waals surface area (Å²) < 4.78 is 11.1. The number of hydrogen-bond acceptors (Lipinski definition) is 4. The summed E-state index contributed by atoms with van der Waals surface area (Å²) in [4.78, 5) is 12.2. The van der Waals surface area contributed by atoms with Gasteiger partial charge < -0.3 is 14.6 Å². The summed E-state index contributed by atoms with van der Waals surface area (Å²) in [7, 11) is 0. The fraction of sp³-hybridized carbons (Fsp3) is 0.833. The number of unbranched alkanes of at least 4 members (excludes halogenated alkanes) is 23. The van der Waals surface area contributed by atoms with Crippen molar-refractivity contribution in [2.45, 2.75) is 206 Å². The Kier molecular flexibility index (Phi) is 38.6. The molecular weight excluding hydrogens is 568 g/mol. The van der Waals surface area contributed by atoms with Crippen molar-refractivity contribution in [1.82, 2.24) is 0 Å². The van der Waals surface area contributed by atoms with Crippen LogP contribution in [0.4, 0.5) is 0 Å². The fourth-order valence-corrected chi connectivity index (χ4v) is 5.75. The van der Waals surface area contributed by atoms with E-state index >= 15 is 0 Å². The summed E-state index contributed by atoms with van der Waals surface area (Å²) in [6, 6.07) is 0. The summed E-state index contributed by atoms with van der Waals surface area (Å²) in [5, 5.41) is 9.57. The van der Waals surface area contributed by atoms with Crippen LogP contribution in [0.2, 0.25) is 0 Å². The number of aliphatic hydroxyl groups is 1. The van der Waals surface area contributed by atoms with E-state index in [4.69, 9.17) is 9.47 Å². The molecule has 0 amide bonds. The Labute approximate surface area is 287 Å². The second-order valence-corrected chi connectivity index (χ2v) is 13.3. The van der Waals surface area contributed by atoms with Gasteiger partial charge in [-0.15, -0.1) is 0 Å². The van der Waals surface area contributed by atoms with Gasteiger partial charge in [-0.2, -0.15) is 0 Å². The maximum Gasteiger partial charge on any atom is 0.306 e. The molecule has 0 aromatic rings. The largest absolute Gasteiger partial charge is 0.457 e. The molecule has 0 radical (unpaired) electrons. The number of hydrogen-bond donors (Lipinski definition) is 1. The van der Waals surface area contributed by atoms with Gasteiger partial charge in [0.05, 0.1) is 13.2 Å². The lowest BCUT2D eigenvalue weighted by atomic mass is 10.0. The highest BCUT2D eigenvalue weighted by Crippen LogP contribution is 2.15.